The molecule has 1 amide bonds. The largest absolute Gasteiger partial charge is 0.383 e. The lowest BCUT2D eigenvalue weighted by atomic mass is 9.96. The first-order chi connectivity index (χ1) is 12.5. The van der Waals surface area contributed by atoms with Crippen molar-refractivity contribution in [1.82, 2.24) is 14.9 Å². The molecule has 154 valence electrons. The van der Waals surface area contributed by atoms with Crippen LogP contribution in [0.3, 0.4) is 0 Å². The van der Waals surface area contributed by atoms with Crippen molar-refractivity contribution in [3.8, 4) is 0 Å². The molecule has 0 atom stereocenters. The van der Waals surface area contributed by atoms with E-state index in [1.165, 1.54) is 19.2 Å². The molecule has 0 aromatic heterocycles. The lowest BCUT2D eigenvalue weighted by Crippen LogP contribution is -2.40. The average Bonchev–Trinajstić information content (AvgIpc) is 2.66. The van der Waals surface area contributed by atoms with Crippen LogP contribution in [0.2, 0.25) is 0 Å². The molecule has 1 aliphatic rings. The molecule has 1 aromatic rings. The Morgan fingerprint density at radius 3 is 2.41 bits per heavy atom. The van der Waals surface area contributed by atoms with Crippen LogP contribution < -0.4 is 10.0 Å². The fraction of sp³-hybridized carbons (Fsp3) is 0.611. The number of hydrogen-bond donors (Lipinski definition) is 2. The SMILES string of the molecule is CCNCC1CCN(C(=O)c2ccc(S(=O)(=O)NCCOC)cc2)CC1.Cl. The smallest absolute Gasteiger partial charge is 0.253 e. The maximum atomic E-state index is 12.6. The first kappa shape index (κ1) is 23.8. The first-order valence-corrected chi connectivity index (χ1v) is 10.5. The molecule has 0 bridgehead atoms. The first-order valence-electron chi connectivity index (χ1n) is 9.06. The standard InChI is InChI=1S/C18H29N3O4S.ClH/c1-3-19-14-15-8-11-21(12-9-15)18(22)16-4-6-17(7-5-16)26(23,24)20-10-13-25-2;/h4-7,15,19-20H,3,8-14H2,1-2H3;1H. The highest BCUT2D eigenvalue weighted by Gasteiger charge is 2.23. The minimum atomic E-state index is -3.58. The summed E-state index contributed by atoms with van der Waals surface area (Å²) in [5.41, 5.74) is 0.519. The molecule has 1 aromatic carbocycles. The van der Waals surface area contributed by atoms with E-state index in [-0.39, 0.29) is 29.8 Å². The number of amides is 1. The molecule has 0 aliphatic carbocycles. The van der Waals surface area contributed by atoms with Gasteiger partial charge in [-0.25, -0.2) is 13.1 Å². The number of benzene rings is 1. The topological polar surface area (TPSA) is 87.7 Å². The number of hydrogen-bond acceptors (Lipinski definition) is 5. The Hall–Kier alpha value is -1.19. The van der Waals surface area contributed by atoms with E-state index < -0.39 is 10.0 Å². The van der Waals surface area contributed by atoms with Gasteiger partial charge in [-0.05, 0) is 56.1 Å². The number of nitrogens with one attached hydrogen (secondary N) is 2. The summed E-state index contributed by atoms with van der Waals surface area (Å²) in [7, 11) is -2.07. The van der Waals surface area contributed by atoms with Crippen LogP contribution in [-0.4, -0.2) is 65.7 Å². The highest BCUT2D eigenvalue weighted by molar-refractivity contribution is 7.89. The van der Waals surface area contributed by atoms with Crippen molar-refractivity contribution in [3.63, 3.8) is 0 Å². The molecule has 0 unspecified atom stereocenters. The summed E-state index contributed by atoms with van der Waals surface area (Å²) in [5, 5.41) is 3.36. The van der Waals surface area contributed by atoms with Gasteiger partial charge in [0.25, 0.3) is 5.91 Å². The Bertz CT molecular complexity index is 674. The summed E-state index contributed by atoms with van der Waals surface area (Å²) in [6.45, 7) is 6.06. The van der Waals surface area contributed by atoms with Crippen LogP contribution in [0, 0.1) is 5.92 Å². The Morgan fingerprint density at radius 2 is 1.85 bits per heavy atom. The van der Waals surface area contributed by atoms with E-state index in [1.54, 1.807) is 12.1 Å². The summed E-state index contributed by atoms with van der Waals surface area (Å²) in [6, 6.07) is 6.11. The fourth-order valence-corrected chi connectivity index (χ4v) is 4.02. The zero-order valence-corrected chi connectivity index (χ0v) is 17.6. The van der Waals surface area contributed by atoms with E-state index in [9.17, 15) is 13.2 Å². The molecule has 1 fully saturated rings. The van der Waals surface area contributed by atoms with Crippen molar-refractivity contribution in [2.24, 2.45) is 5.92 Å². The molecule has 9 heteroatoms. The zero-order chi connectivity index (χ0) is 19.0. The van der Waals surface area contributed by atoms with Crippen LogP contribution in [0.15, 0.2) is 29.2 Å². The zero-order valence-electron chi connectivity index (χ0n) is 15.9. The van der Waals surface area contributed by atoms with E-state index in [2.05, 4.69) is 17.0 Å². The predicted octanol–water partition coefficient (Wildman–Crippen LogP) is 1.49. The average molecular weight is 420 g/mol. The number of sulfonamides is 1. The fourth-order valence-electron chi connectivity index (χ4n) is 3.01. The van der Waals surface area contributed by atoms with Crippen LogP contribution >= 0.6 is 12.4 Å². The highest BCUT2D eigenvalue weighted by Crippen LogP contribution is 2.19. The Morgan fingerprint density at radius 1 is 1.22 bits per heavy atom. The maximum absolute atomic E-state index is 12.6. The van der Waals surface area contributed by atoms with Crippen molar-refractivity contribution < 1.29 is 17.9 Å². The lowest BCUT2D eigenvalue weighted by Gasteiger charge is -2.32. The maximum Gasteiger partial charge on any atom is 0.253 e. The summed E-state index contributed by atoms with van der Waals surface area (Å²) in [6.07, 6.45) is 1.99. The van der Waals surface area contributed by atoms with Gasteiger partial charge >= 0.3 is 0 Å². The number of likely N-dealkylation sites (tertiary alicyclic amines) is 1. The van der Waals surface area contributed by atoms with Crippen LogP contribution in [-0.2, 0) is 14.8 Å². The number of carbonyl (C=O) groups excluding carboxylic acids is 1. The summed E-state index contributed by atoms with van der Waals surface area (Å²) < 4.78 is 31.6. The third-order valence-corrected chi connectivity index (χ3v) is 6.07. The number of nitrogens with zero attached hydrogens (tertiary/aromatic N) is 1. The molecule has 2 rings (SSSR count). The van der Waals surface area contributed by atoms with Gasteiger partial charge in [-0.3, -0.25) is 4.79 Å². The second-order valence-corrected chi connectivity index (χ2v) is 8.23. The molecule has 1 aliphatic heterocycles. The molecule has 27 heavy (non-hydrogen) atoms. The monoisotopic (exact) mass is 419 g/mol. The van der Waals surface area contributed by atoms with Crippen molar-refractivity contribution in [2.45, 2.75) is 24.7 Å². The molecule has 7 nitrogen and oxygen atoms in total. The van der Waals surface area contributed by atoms with Gasteiger partial charge in [0.2, 0.25) is 10.0 Å². The van der Waals surface area contributed by atoms with E-state index >= 15 is 0 Å². The highest BCUT2D eigenvalue weighted by atomic mass is 35.5. The van der Waals surface area contributed by atoms with E-state index in [0.717, 1.165) is 39.0 Å². The van der Waals surface area contributed by atoms with Gasteiger partial charge in [0.1, 0.15) is 0 Å². The van der Waals surface area contributed by atoms with E-state index in [0.29, 0.717) is 18.1 Å². The van der Waals surface area contributed by atoms with Crippen LogP contribution in [0.1, 0.15) is 30.1 Å². The molecule has 2 N–H and O–H groups in total. The van der Waals surface area contributed by atoms with Gasteiger partial charge < -0.3 is 15.0 Å². The van der Waals surface area contributed by atoms with Crippen LogP contribution in [0.25, 0.3) is 0 Å². The molecular formula is C18H30ClN3O4S. The normalized spacial score (nSPS) is 15.4. The van der Waals surface area contributed by atoms with Crippen LogP contribution in [0.5, 0.6) is 0 Å². The minimum Gasteiger partial charge on any atom is -0.383 e. The van der Waals surface area contributed by atoms with Gasteiger partial charge in [0.15, 0.2) is 0 Å². The Balaban J connectivity index is 0.00000364. The predicted molar refractivity (Wildman–Crippen MR) is 108 cm³/mol. The Kier molecular flexibility index (Phi) is 10.3. The second-order valence-electron chi connectivity index (χ2n) is 6.46. The molecule has 1 heterocycles. The van der Waals surface area contributed by atoms with E-state index in [1.807, 2.05) is 4.90 Å². The van der Waals surface area contributed by atoms with Crippen LogP contribution in [0.4, 0.5) is 0 Å². The molecule has 0 saturated carbocycles. The molecule has 1 saturated heterocycles. The molecular weight excluding hydrogens is 390 g/mol. The van der Waals surface area contributed by atoms with Crippen molar-refractivity contribution in [1.29, 1.82) is 0 Å². The van der Waals surface area contributed by atoms with E-state index in [4.69, 9.17) is 4.74 Å². The third-order valence-electron chi connectivity index (χ3n) is 4.59. The third kappa shape index (κ3) is 7.04. The lowest BCUT2D eigenvalue weighted by molar-refractivity contribution is 0.0690. The number of piperidine rings is 1. The minimum absolute atomic E-state index is 0. The van der Waals surface area contributed by atoms with Crippen molar-refractivity contribution >= 4 is 28.3 Å². The molecule has 0 radical (unpaired) electrons. The number of carbonyl (C=O) groups is 1. The quantitative estimate of drug-likeness (QED) is 0.592. The van der Waals surface area contributed by atoms with Crippen molar-refractivity contribution in [2.75, 3.05) is 46.4 Å². The van der Waals surface area contributed by atoms with Gasteiger partial charge in [0, 0.05) is 32.3 Å². The summed E-state index contributed by atoms with van der Waals surface area (Å²) in [5.74, 6) is 0.577. The van der Waals surface area contributed by atoms with Crippen molar-refractivity contribution in [3.05, 3.63) is 29.8 Å². The summed E-state index contributed by atoms with van der Waals surface area (Å²) >= 11 is 0. The van der Waals surface area contributed by atoms with Gasteiger partial charge in [0.05, 0.1) is 11.5 Å². The number of methoxy groups -OCH3 is 1. The van der Waals surface area contributed by atoms with Gasteiger partial charge in [-0.1, -0.05) is 6.92 Å². The number of rotatable bonds is 9. The van der Waals surface area contributed by atoms with Gasteiger partial charge in [-0.2, -0.15) is 0 Å². The second kappa shape index (κ2) is 11.6. The van der Waals surface area contributed by atoms with Gasteiger partial charge in [-0.15, -0.1) is 12.4 Å². The number of ether oxygens (including phenoxy) is 1. The molecule has 0 spiro atoms. The summed E-state index contributed by atoms with van der Waals surface area (Å²) in [4.78, 5) is 14.6. The Labute approximate surface area is 168 Å². The number of halogens is 1.